The fourth-order valence-corrected chi connectivity index (χ4v) is 4.67. The van der Waals surface area contributed by atoms with Gasteiger partial charge in [0.1, 0.15) is 11.8 Å². The summed E-state index contributed by atoms with van der Waals surface area (Å²) in [5.74, 6) is -0.0373. The number of halogens is 1. The first kappa shape index (κ1) is 23.8. The van der Waals surface area contributed by atoms with Gasteiger partial charge in [-0.1, -0.05) is 41.9 Å². The average molecular weight is 477 g/mol. The third-order valence-electron chi connectivity index (χ3n) is 4.78. The van der Waals surface area contributed by atoms with E-state index in [2.05, 4.69) is 15.0 Å². The number of ether oxygens (including phenoxy) is 1. The predicted octanol–water partition coefficient (Wildman–Crippen LogP) is 2.64. The molecule has 1 atom stereocenters. The van der Waals surface area contributed by atoms with E-state index in [0.717, 1.165) is 5.56 Å². The molecule has 0 fully saturated rings. The molecule has 8 nitrogen and oxygen atoms in total. The molecule has 1 amide bonds. The van der Waals surface area contributed by atoms with Crippen LogP contribution in [0.3, 0.4) is 0 Å². The zero-order valence-corrected chi connectivity index (χ0v) is 19.1. The summed E-state index contributed by atoms with van der Waals surface area (Å²) in [6.07, 6.45) is 6.12. The number of carbonyl (C=O) groups is 1. The molecule has 0 radical (unpaired) electrons. The molecule has 3 aromatic rings. The summed E-state index contributed by atoms with van der Waals surface area (Å²) in [6.45, 7) is 1.10. The average Bonchev–Trinajstić information content (AvgIpc) is 3.30. The molecular weight excluding hydrogens is 452 g/mol. The zero-order chi connectivity index (χ0) is 23.0. The number of amides is 1. The molecule has 0 bridgehead atoms. The molecule has 2 N–H and O–H groups in total. The Morgan fingerprint density at radius 2 is 2.00 bits per heavy atom. The highest BCUT2D eigenvalue weighted by Gasteiger charge is 2.26. The molecule has 3 rings (SSSR count). The lowest BCUT2D eigenvalue weighted by Gasteiger charge is -2.19. The summed E-state index contributed by atoms with van der Waals surface area (Å²) in [6, 6.07) is 12.4. The summed E-state index contributed by atoms with van der Waals surface area (Å²) in [5.41, 5.74) is 0.835. The minimum absolute atomic E-state index is 0.0470. The molecule has 0 aliphatic heterocycles. The number of benzene rings is 2. The molecule has 1 aromatic heterocycles. The highest BCUT2D eigenvalue weighted by Crippen LogP contribution is 2.27. The van der Waals surface area contributed by atoms with Gasteiger partial charge in [-0.25, -0.2) is 13.4 Å². The Morgan fingerprint density at radius 1 is 1.22 bits per heavy atom. The summed E-state index contributed by atoms with van der Waals surface area (Å²) >= 11 is 6.09. The fourth-order valence-electron chi connectivity index (χ4n) is 3.12. The van der Waals surface area contributed by atoms with Crippen molar-refractivity contribution in [1.29, 1.82) is 0 Å². The monoisotopic (exact) mass is 476 g/mol. The van der Waals surface area contributed by atoms with Crippen LogP contribution in [0.15, 0.2) is 72.1 Å². The van der Waals surface area contributed by atoms with Crippen LogP contribution in [0.25, 0.3) is 0 Å². The lowest BCUT2D eigenvalue weighted by Crippen LogP contribution is -2.48. The molecular formula is C22H25ClN4O4S. The largest absolute Gasteiger partial charge is 0.495 e. The molecule has 10 heteroatoms. The van der Waals surface area contributed by atoms with Gasteiger partial charge in [-0.2, -0.15) is 4.72 Å². The van der Waals surface area contributed by atoms with Crippen molar-refractivity contribution < 1.29 is 17.9 Å². The predicted molar refractivity (Wildman–Crippen MR) is 122 cm³/mol. The maximum Gasteiger partial charge on any atom is 0.241 e. The van der Waals surface area contributed by atoms with Gasteiger partial charge in [0, 0.05) is 25.5 Å². The number of nitrogens with one attached hydrogen (secondary N) is 2. The first-order chi connectivity index (χ1) is 15.4. The lowest BCUT2D eigenvalue weighted by atomic mass is 10.1. The number of carbonyl (C=O) groups excluding carboxylic acids is 1. The molecule has 1 heterocycles. The highest BCUT2D eigenvalue weighted by molar-refractivity contribution is 7.89. The first-order valence-corrected chi connectivity index (χ1v) is 11.9. The van der Waals surface area contributed by atoms with Gasteiger partial charge >= 0.3 is 0 Å². The minimum atomic E-state index is -4.00. The van der Waals surface area contributed by atoms with E-state index >= 15 is 0 Å². The van der Waals surface area contributed by atoms with Crippen LogP contribution in [-0.2, 0) is 27.8 Å². The van der Waals surface area contributed by atoms with Crippen LogP contribution in [0.2, 0.25) is 5.02 Å². The second kappa shape index (κ2) is 11.1. The number of hydrogen-bond donors (Lipinski definition) is 2. The Labute approximate surface area is 192 Å². The van der Waals surface area contributed by atoms with Crippen molar-refractivity contribution in [3.8, 4) is 5.75 Å². The number of hydrogen-bond acceptors (Lipinski definition) is 5. The maximum atomic E-state index is 13.0. The molecule has 1 unspecified atom stereocenters. The van der Waals surface area contributed by atoms with E-state index in [0.29, 0.717) is 25.3 Å². The standard InChI is InChI=1S/C22H25ClN4O4S/c1-31-21-9-8-18(15-19(21)23)32(29,30)26-20(14-17-6-3-2-4-7-17)22(28)25-10-5-12-27-13-11-24-16-27/h2-4,6-9,11,13,15-16,20,26H,5,10,12,14H2,1H3,(H,25,28). The van der Waals surface area contributed by atoms with Crippen molar-refractivity contribution in [2.24, 2.45) is 0 Å². The van der Waals surface area contributed by atoms with E-state index in [1.54, 1.807) is 12.5 Å². The highest BCUT2D eigenvalue weighted by atomic mass is 35.5. The van der Waals surface area contributed by atoms with Crippen molar-refractivity contribution in [2.75, 3.05) is 13.7 Å². The Morgan fingerprint density at radius 3 is 2.66 bits per heavy atom. The van der Waals surface area contributed by atoms with E-state index in [4.69, 9.17) is 16.3 Å². The Kier molecular flexibility index (Phi) is 8.26. The summed E-state index contributed by atoms with van der Waals surface area (Å²) < 4.78 is 35.5. The maximum absolute atomic E-state index is 13.0. The van der Waals surface area contributed by atoms with Gasteiger partial charge in [0.05, 0.1) is 23.4 Å². The summed E-state index contributed by atoms with van der Waals surface area (Å²) in [5, 5.41) is 2.99. The first-order valence-electron chi connectivity index (χ1n) is 10.0. The van der Waals surface area contributed by atoms with Crippen molar-refractivity contribution in [3.63, 3.8) is 0 Å². The van der Waals surface area contributed by atoms with Crippen LogP contribution in [-0.4, -0.2) is 43.6 Å². The van der Waals surface area contributed by atoms with Gasteiger partial charge in [0.25, 0.3) is 0 Å². The van der Waals surface area contributed by atoms with Gasteiger partial charge < -0.3 is 14.6 Å². The van der Waals surface area contributed by atoms with Crippen molar-refractivity contribution >= 4 is 27.5 Å². The van der Waals surface area contributed by atoms with E-state index in [-0.39, 0.29) is 16.3 Å². The van der Waals surface area contributed by atoms with E-state index < -0.39 is 22.0 Å². The molecule has 170 valence electrons. The van der Waals surface area contributed by atoms with Crippen LogP contribution in [0.5, 0.6) is 5.75 Å². The number of methoxy groups -OCH3 is 1. The molecule has 0 aliphatic rings. The number of aryl methyl sites for hydroxylation is 1. The van der Waals surface area contributed by atoms with Crippen molar-refractivity contribution in [2.45, 2.75) is 30.3 Å². The molecule has 0 saturated carbocycles. The third kappa shape index (κ3) is 6.56. The van der Waals surface area contributed by atoms with Crippen LogP contribution < -0.4 is 14.8 Å². The van der Waals surface area contributed by atoms with Crippen molar-refractivity contribution in [3.05, 3.63) is 77.8 Å². The van der Waals surface area contributed by atoms with Crippen LogP contribution in [0, 0.1) is 0 Å². The number of imidazole rings is 1. The topological polar surface area (TPSA) is 102 Å². The Balaban J connectivity index is 1.71. The SMILES string of the molecule is COc1ccc(S(=O)(=O)NC(Cc2ccccc2)C(=O)NCCCn2ccnc2)cc1Cl. The smallest absolute Gasteiger partial charge is 0.241 e. The van der Waals surface area contributed by atoms with Crippen LogP contribution >= 0.6 is 11.6 Å². The Bertz CT molecular complexity index is 1120. The van der Waals surface area contributed by atoms with E-state index in [9.17, 15) is 13.2 Å². The fraction of sp³-hybridized carbons (Fsp3) is 0.273. The van der Waals surface area contributed by atoms with Gasteiger partial charge in [0.15, 0.2) is 0 Å². The minimum Gasteiger partial charge on any atom is -0.495 e. The number of aromatic nitrogens is 2. The molecule has 32 heavy (non-hydrogen) atoms. The van der Waals surface area contributed by atoms with Gasteiger partial charge in [-0.05, 0) is 36.6 Å². The third-order valence-corrected chi connectivity index (χ3v) is 6.55. The Hall–Kier alpha value is -2.88. The number of sulfonamides is 1. The van der Waals surface area contributed by atoms with E-state index in [1.807, 2.05) is 41.1 Å². The normalized spacial score (nSPS) is 12.3. The van der Waals surface area contributed by atoms with Crippen LogP contribution in [0.4, 0.5) is 0 Å². The number of rotatable bonds is 11. The molecule has 0 aliphatic carbocycles. The van der Waals surface area contributed by atoms with Gasteiger partial charge in [-0.15, -0.1) is 0 Å². The summed E-state index contributed by atoms with van der Waals surface area (Å²) in [7, 11) is -2.56. The molecule has 2 aromatic carbocycles. The van der Waals surface area contributed by atoms with Gasteiger partial charge in [0.2, 0.25) is 15.9 Å². The lowest BCUT2D eigenvalue weighted by molar-refractivity contribution is -0.122. The van der Waals surface area contributed by atoms with Gasteiger partial charge in [-0.3, -0.25) is 4.79 Å². The summed E-state index contributed by atoms with van der Waals surface area (Å²) in [4.78, 5) is 16.8. The molecule has 0 saturated heterocycles. The second-order valence-electron chi connectivity index (χ2n) is 7.11. The zero-order valence-electron chi connectivity index (χ0n) is 17.6. The number of nitrogens with zero attached hydrogens (tertiary/aromatic N) is 2. The molecule has 0 spiro atoms. The second-order valence-corrected chi connectivity index (χ2v) is 9.23. The van der Waals surface area contributed by atoms with Crippen LogP contribution in [0.1, 0.15) is 12.0 Å². The van der Waals surface area contributed by atoms with E-state index in [1.165, 1.54) is 25.3 Å². The van der Waals surface area contributed by atoms with Crippen molar-refractivity contribution in [1.82, 2.24) is 19.6 Å². The quantitative estimate of drug-likeness (QED) is 0.414.